The lowest BCUT2D eigenvalue weighted by Gasteiger charge is -2.21. The fourth-order valence-electron chi connectivity index (χ4n) is 2.22. The Hall–Kier alpha value is -2.18. The first-order valence-corrected chi connectivity index (χ1v) is 6.00. The zero-order valence-corrected chi connectivity index (χ0v) is 10.2. The second-order valence-corrected chi connectivity index (χ2v) is 4.45. The Balaban J connectivity index is 2.01. The maximum absolute atomic E-state index is 5.76. The third kappa shape index (κ3) is 1.87. The van der Waals surface area contributed by atoms with Crippen molar-refractivity contribution in [3.63, 3.8) is 0 Å². The minimum atomic E-state index is 0.239. The van der Waals surface area contributed by atoms with Gasteiger partial charge in [0.25, 0.3) is 0 Å². The van der Waals surface area contributed by atoms with Crippen LogP contribution in [0.3, 0.4) is 0 Å². The molecule has 2 N–H and O–H groups in total. The first-order chi connectivity index (χ1) is 8.74. The normalized spacial score (nSPS) is 19.4. The highest BCUT2D eigenvalue weighted by Gasteiger charge is 2.23. The lowest BCUT2D eigenvalue weighted by molar-refractivity contribution is 0.711. The van der Waals surface area contributed by atoms with Crippen molar-refractivity contribution in [3.05, 3.63) is 18.7 Å². The Morgan fingerprint density at radius 2 is 2.11 bits per heavy atom. The number of anilines is 2. The zero-order valence-electron chi connectivity index (χ0n) is 10.2. The van der Waals surface area contributed by atoms with Gasteiger partial charge in [-0.1, -0.05) is 0 Å². The van der Waals surface area contributed by atoms with Gasteiger partial charge in [-0.15, -0.1) is 0 Å². The number of nitrogens with two attached hydrogens (primary N) is 1. The molecule has 1 atom stereocenters. The molecule has 94 valence electrons. The van der Waals surface area contributed by atoms with E-state index >= 15 is 0 Å². The minimum Gasteiger partial charge on any atom is -0.368 e. The topological polar surface area (TPSA) is 85.8 Å². The van der Waals surface area contributed by atoms with Crippen molar-refractivity contribution in [2.75, 3.05) is 17.2 Å². The van der Waals surface area contributed by atoms with Crippen molar-refractivity contribution in [2.45, 2.75) is 25.8 Å². The van der Waals surface area contributed by atoms with E-state index in [2.05, 4.69) is 31.8 Å². The average molecular weight is 245 g/mol. The molecule has 18 heavy (non-hydrogen) atoms. The van der Waals surface area contributed by atoms with Crippen LogP contribution in [0, 0.1) is 0 Å². The molecule has 1 aliphatic heterocycles. The second kappa shape index (κ2) is 4.25. The van der Waals surface area contributed by atoms with Crippen molar-refractivity contribution < 1.29 is 0 Å². The van der Waals surface area contributed by atoms with E-state index in [0.29, 0.717) is 17.9 Å². The van der Waals surface area contributed by atoms with E-state index in [4.69, 9.17) is 5.73 Å². The summed E-state index contributed by atoms with van der Waals surface area (Å²) < 4.78 is 1.72. The molecule has 1 saturated heterocycles. The first kappa shape index (κ1) is 10.9. The van der Waals surface area contributed by atoms with Crippen LogP contribution in [-0.2, 0) is 0 Å². The van der Waals surface area contributed by atoms with Gasteiger partial charge in [0.2, 0.25) is 17.8 Å². The molecule has 1 aliphatic rings. The lowest BCUT2D eigenvalue weighted by atomic mass is 10.2. The maximum atomic E-state index is 5.76. The maximum Gasteiger partial charge on any atom is 0.241 e. The number of hydrogen-bond acceptors (Lipinski definition) is 6. The van der Waals surface area contributed by atoms with Crippen LogP contribution >= 0.6 is 0 Å². The first-order valence-electron chi connectivity index (χ1n) is 6.00. The molecule has 0 saturated carbocycles. The minimum absolute atomic E-state index is 0.239. The third-order valence-electron chi connectivity index (χ3n) is 3.17. The molecule has 7 heteroatoms. The van der Waals surface area contributed by atoms with Crippen LogP contribution in [0.2, 0.25) is 0 Å². The van der Waals surface area contributed by atoms with Crippen LogP contribution in [0.5, 0.6) is 0 Å². The molecule has 0 radical (unpaired) electrons. The summed E-state index contributed by atoms with van der Waals surface area (Å²) in [6, 6.07) is 0.447. The van der Waals surface area contributed by atoms with E-state index < -0.39 is 0 Å². The molecule has 0 bridgehead atoms. The fourth-order valence-corrected chi connectivity index (χ4v) is 2.22. The molecule has 3 rings (SSSR count). The predicted octanol–water partition coefficient (Wildman–Crippen LogP) is 0.628. The summed E-state index contributed by atoms with van der Waals surface area (Å²) in [4.78, 5) is 18.9. The molecule has 0 amide bonds. The predicted molar refractivity (Wildman–Crippen MR) is 67.4 cm³/mol. The second-order valence-electron chi connectivity index (χ2n) is 4.45. The van der Waals surface area contributed by atoms with Gasteiger partial charge in [0.15, 0.2) is 0 Å². The Morgan fingerprint density at radius 3 is 2.78 bits per heavy atom. The Labute approximate surface area is 105 Å². The van der Waals surface area contributed by atoms with Crippen LogP contribution in [0.25, 0.3) is 5.95 Å². The lowest BCUT2D eigenvalue weighted by Crippen LogP contribution is -2.29. The fraction of sp³-hybridized carbons (Fsp3) is 0.455. The molecule has 0 aromatic carbocycles. The summed E-state index contributed by atoms with van der Waals surface area (Å²) >= 11 is 0. The van der Waals surface area contributed by atoms with Gasteiger partial charge < -0.3 is 10.6 Å². The Morgan fingerprint density at radius 1 is 1.28 bits per heavy atom. The summed E-state index contributed by atoms with van der Waals surface area (Å²) in [7, 11) is 0. The van der Waals surface area contributed by atoms with Gasteiger partial charge in [0, 0.05) is 25.0 Å². The quantitative estimate of drug-likeness (QED) is 0.835. The van der Waals surface area contributed by atoms with E-state index in [1.54, 1.807) is 23.3 Å². The van der Waals surface area contributed by atoms with Gasteiger partial charge in [0.05, 0.1) is 0 Å². The molecule has 7 nitrogen and oxygen atoms in total. The van der Waals surface area contributed by atoms with Gasteiger partial charge >= 0.3 is 0 Å². The Bertz CT molecular complexity index is 536. The van der Waals surface area contributed by atoms with Gasteiger partial charge in [-0.25, -0.2) is 4.98 Å². The number of imidazole rings is 1. The van der Waals surface area contributed by atoms with E-state index in [1.807, 2.05) is 0 Å². The van der Waals surface area contributed by atoms with Crippen LogP contribution < -0.4 is 10.6 Å². The number of nitrogens with zero attached hydrogens (tertiary/aromatic N) is 6. The molecule has 2 aromatic rings. The highest BCUT2D eigenvalue weighted by atomic mass is 15.3. The van der Waals surface area contributed by atoms with Crippen molar-refractivity contribution in [1.82, 2.24) is 24.5 Å². The molecule has 0 spiro atoms. The molecule has 0 aliphatic carbocycles. The van der Waals surface area contributed by atoms with Crippen molar-refractivity contribution >= 4 is 11.9 Å². The van der Waals surface area contributed by atoms with E-state index in [9.17, 15) is 0 Å². The Kier molecular flexibility index (Phi) is 2.58. The monoisotopic (exact) mass is 245 g/mol. The van der Waals surface area contributed by atoms with Gasteiger partial charge in [-0.2, -0.15) is 15.0 Å². The van der Waals surface area contributed by atoms with Gasteiger partial charge in [-0.3, -0.25) is 4.57 Å². The number of hydrogen-bond donors (Lipinski definition) is 1. The summed E-state index contributed by atoms with van der Waals surface area (Å²) in [5, 5.41) is 0. The molecule has 2 aromatic heterocycles. The summed E-state index contributed by atoms with van der Waals surface area (Å²) in [6.45, 7) is 3.14. The van der Waals surface area contributed by atoms with Gasteiger partial charge in [0.1, 0.15) is 6.33 Å². The van der Waals surface area contributed by atoms with Crippen LogP contribution in [0.4, 0.5) is 11.9 Å². The highest BCUT2D eigenvalue weighted by Crippen LogP contribution is 2.22. The van der Waals surface area contributed by atoms with Gasteiger partial charge in [-0.05, 0) is 19.8 Å². The third-order valence-corrected chi connectivity index (χ3v) is 3.17. The van der Waals surface area contributed by atoms with E-state index in [-0.39, 0.29) is 5.95 Å². The van der Waals surface area contributed by atoms with Crippen LogP contribution in [0.15, 0.2) is 18.7 Å². The van der Waals surface area contributed by atoms with E-state index in [1.165, 1.54) is 0 Å². The molecule has 1 unspecified atom stereocenters. The van der Waals surface area contributed by atoms with E-state index in [0.717, 1.165) is 19.4 Å². The number of nitrogen functional groups attached to an aromatic ring is 1. The summed E-state index contributed by atoms with van der Waals surface area (Å²) in [6.07, 6.45) is 7.43. The summed E-state index contributed by atoms with van der Waals surface area (Å²) in [5.41, 5.74) is 5.76. The SMILES string of the molecule is CC1CCCN1c1nc(N)nc(-n2ccnc2)n1. The molecule has 1 fully saturated rings. The average Bonchev–Trinajstić information content (AvgIpc) is 2.98. The number of aromatic nitrogens is 5. The summed E-state index contributed by atoms with van der Waals surface area (Å²) in [5.74, 6) is 1.40. The van der Waals surface area contributed by atoms with Crippen molar-refractivity contribution in [3.8, 4) is 5.95 Å². The van der Waals surface area contributed by atoms with Crippen molar-refractivity contribution in [2.24, 2.45) is 0 Å². The highest BCUT2D eigenvalue weighted by molar-refractivity contribution is 5.39. The standard InChI is InChI=1S/C11H15N7/c1-8-3-2-5-18(8)11-15-9(12)14-10(16-11)17-6-4-13-7-17/h4,6-8H,2-3,5H2,1H3,(H2,12,14,15,16). The largest absolute Gasteiger partial charge is 0.368 e. The zero-order chi connectivity index (χ0) is 12.5. The number of rotatable bonds is 2. The smallest absolute Gasteiger partial charge is 0.241 e. The molecular formula is C11H15N7. The van der Waals surface area contributed by atoms with Crippen LogP contribution in [-0.4, -0.2) is 37.1 Å². The molecular weight excluding hydrogens is 230 g/mol. The molecule has 3 heterocycles. The van der Waals surface area contributed by atoms with Crippen LogP contribution in [0.1, 0.15) is 19.8 Å². The van der Waals surface area contributed by atoms with Crippen molar-refractivity contribution in [1.29, 1.82) is 0 Å².